The lowest BCUT2D eigenvalue weighted by molar-refractivity contribution is -0.115. The molecule has 0 spiro atoms. The summed E-state index contributed by atoms with van der Waals surface area (Å²) < 4.78 is 20.4. The van der Waals surface area contributed by atoms with E-state index >= 15 is 0 Å². The highest BCUT2D eigenvalue weighted by Gasteiger charge is 2.14. The number of carbonyl (C=O) groups excluding carboxylic acids is 2. The summed E-state index contributed by atoms with van der Waals surface area (Å²) in [5.74, 6) is -0.778. The van der Waals surface area contributed by atoms with E-state index in [1.165, 1.54) is 35.3 Å². The van der Waals surface area contributed by atoms with Gasteiger partial charge >= 0.3 is 0 Å². The lowest BCUT2D eigenvalue weighted by Gasteiger charge is -2.10. The van der Waals surface area contributed by atoms with Gasteiger partial charge in [-0.3, -0.25) is 9.59 Å². The summed E-state index contributed by atoms with van der Waals surface area (Å²) >= 11 is 0. The Morgan fingerprint density at radius 2 is 2.00 bits per heavy atom. The molecule has 2 N–H and O–H groups in total. The van der Waals surface area contributed by atoms with Gasteiger partial charge in [0.05, 0.1) is 18.7 Å². The first kappa shape index (κ1) is 19.0. The van der Waals surface area contributed by atoms with Crippen LogP contribution in [0.3, 0.4) is 0 Å². The van der Waals surface area contributed by atoms with Crippen molar-refractivity contribution in [2.24, 2.45) is 0 Å². The van der Waals surface area contributed by atoms with Crippen LogP contribution in [0.1, 0.15) is 17.3 Å². The maximum Gasteiger partial charge on any atom is 0.255 e. The molecule has 0 radical (unpaired) electrons. The van der Waals surface area contributed by atoms with Crippen LogP contribution in [0, 0.1) is 5.82 Å². The molecular formula is C19H18FN5O3. The Bertz CT molecular complexity index is 989. The van der Waals surface area contributed by atoms with E-state index in [0.29, 0.717) is 17.9 Å². The average Bonchev–Trinajstić information content (AvgIpc) is 3.15. The molecule has 0 aliphatic rings. The van der Waals surface area contributed by atoms with Crippen molar-refractivity contribution in [1.82, 2.24) is 20.1 Å². The fraction of sp³-hybridized carbons (Fsp3) is 0.158. The third kappa shape index (κ3) is 4.50. The maximum absolute atomic E-state index is 13.7. The van der Waals surface area contributed by atoms with Crippen molar-refractivity contribution >= 4 is 17.6 Å². The molecule has 2 amide bonds. The van der Waals surface area contributed by atoms with Crippen molar-refractivity contribution in [3.63, 3.8) is 0 Å². The Balaban J connectivity index is 1.58. The van der Waals surface area contributed by atoms with E-state index in [2.05, 4.69) is 20.7 Å². The second kappa shape index (κ2) is 8.76. The van der Waals surface area contributed by atoms with E-state index in [1.54, 1.807) is 24.3 Å². The van der Waals surface area contributed by atoms with Crippen LogP contribution in [0.25, 0.3) is 5.82 Å². The van der Waals surface area contributed by atoms with E-state index in [1.807, 2.05) is 6.92 Å². The van der Waals surface area contributed by atoms with Crippen molar-refractivity contribution in [2.75, 3.05) is 18.5 Å². The molecule has 2 heterocycles. The van der Waals surface area contributed by atoms with Gasteiger partial charge in [-0.1, -0.05) is 12.1 Å². The molecule has 9 heteroatoms. The number of carbonyl (C=O) groups is 2. The molecule has 3 aromatic rings. The summed E-state index contributed by atoms with van der Waals surface area (Å²) in [5.41, 5.74) is 0.340. The zero-order valence-electron chi connectivity index (χ0n) is 15.1. The number of hydrogen-bond donors (Lipinski definition) is 2. The number of pyridine rings is 1. The second-order valence-electron chi connectivity index (χ2n) is 5.61. The first-order valence-corrected chi connectivity index (χ1v) is 8.55. The van der Waals surface area contributed by atoms with Crippen LogP contribution in [0.2, 0.25) is 0 Å². The highest BCUT2D eigenvalue weighted by molar-refractivity contribution is 6.00. The van der Waals surface area contributed by atoms with Gasteiger partial charge < -0.3 is 15.4 Å². The molecule has 3 rings (SSSR count). The summed E-state index contributed by atoms with van der Waals surface area (Å²) in [6.07, 6.45) is 2.91. The number of hydrogen-bond acceptors (Lipinski definition) is 5. The van der Waals surface area contributed by atoms with E-state index in [4.69, 9.17) is 4.74 Å². The molecule has 0 fully saturated rings. The highest BCUT2D eigenvalue weighted by atomic mass is 19.1. The largest absolute Gasteiger partial charge is 0.493 e. The molecule has 0 unspecified atom stereocenters. The quantitative estimate of drug-likeness (QED) is 0.652. The average molecular weight is 383 g/mol. The zero-order valence-corrected chi connectivity index (χ0v) is 15.1. The van der Waals surface area contributed by atoms with Gasteiger partial charge in [-0.2, -0.15) is 0 Å². The van der Waals surface area contributed by atoms with Crippen LogP contribution in [-0.4, -0.2) is 39.7 Å². The Morgan fingerprint density at radius 1 is 1.18 bits per heavy atom. The minimum absolute atomic E-state index is 0.0174. The molecule has 0 bridgehead atoms. The first-order chi connectivity index (χ1) is 13.6. The van der Waals surface area contributed by atoms with Crippen LogP contribution in [-0.2, 0) is 4.79 Å². The molecule has 0 saturated carbocycles. The van der Waals surface area contributed by atoms with Gasteiger partial charge in [0.25, 0.3) is 5.91 Å². The number of halogens is 1. The Kier molecular flexibility index (Phi) is 5.95. The second-order valence-corrected chi connectivity index (χ2v) is 5.61. The predicted octanol–water partition coefficient (Wildman–Crippen LogP) is 2.17. The van der Waals surface area contributed by atoms with Crippen molar-refractivity contribution in [2.45, 2.75) is 6.92 Å². The number of para-hydroxylation sites is 1. The third-order valence-electron chi connectivity index (χ3n) is 3.65. The monoisotopic (exact) mass is 383 g/mol. The van der Waals surface area contributed by atoms with Crippen LogP contribution in [0.15, 0.2) is 54.9 Å². The number of nitrogens with one attached hydrogen (secondary N) is 2. The molecule has 0 aliphatic heterocycles. The Morgan fingerprint density at radius 3 is 2.79 bits per heavy atom. The topological polar surface area (TPSA) is 98.1 Å². The maximum atomic E-state index is 13.7. The number of rotatable bonds is 7. The van der Waals surface area contributed by atoms with Crippen LogP contribution >= 0.6 is 0 Å². The highest BCUT2D eigenvalue weighted by Crippen LogP contribution is 2.17. The van der Waals surface area contributed by atoms with Crippen LogP contribution in [0.4, 0.5) is 10.2 Å². The Hall–Kier alpha value is -3.75. The summed E-state index contributed by atoms with van der Waals surface area (Å²) in [7, 11) is 0. The molecule has 0 atom stereocenters. The number of nitrogens with zero attached hydrogens (tertiary/aromatic N) is 3. The number of amides is 2. The molecule has 1 aromatic carbocycles. The fourth-order valence-electron chi connectivity index (χ4n) is 2.43. The van der Waals surface area contributed by atoms with Crippen molar-refractivity contribution in [3.8, 4) is 11.6 Å². The summed E-state index contributed by atoms with van der Waals surface area (Å²) in [6, 6.07) is 11.0. The molecule has 144 valence electrons. The first-order valence-electron chi connectivity index (χ1n) is 8.55. The number of benzene rings is 1. The van der Waals surface area contributed by atoms with E-state index in [0.717, 1.165) is 0 Å². The van der Waals surface area contributed by atoms with Gasteiger partial charge in [0.2, 0.25) is 5.91 Å². The van der Waals surface area contributed by atoms with Crippen LogP contribution in [0.5, 0.6) is 5.75 Å². The van der Waals surface area contributed by atoms with Gasteiger partial charge in [-0.15, -0.1) is 5.10 Å². The minimum Gasteiger partial charge on any atom is -0.493 e. The molecule has 0 aliphatic carbocycles. The lowest BCUT2D eigenvalue weighted by Crippen LogP contribution is -2.33. The Labute approximate surface area is 160 Å². The van der Waals surface area contributed by atoms with Crippen LogP contribution < -0.4 is 15.4 Å². The number of anilines is 1. The van der Waals surface area contributed by atoms with E-state index in [-0.39, 0.29) is 18.2 Å². The molecule has 8 nitrogen and oxygen atoms in total. The van der Waals surface area contributed by atoms with Gasteiger partial charge in [0.1, 0.15) is 5.75 Å². The molecular weight excluding hydrogens is 365 g/mol. The number of aromatic nitrogens is 3. The fourth-order valence-corrected chi connectivity index (χ4v) is 2.43. The molecule has 0 saturated heterocycles. The summed E-state index contributed by atoms with van der Waals surface area (Å²) in [5, 5.41) is 9.11. The normalized spacial score (nSPS) is 10.4. The zero-order chi connectivity index (χ0) is 19.9. The lowest BCUT2D eigenvalue weighted by atomic mass is 10.2. The van der Waals surface area contributed by atoms with E-state index in [9.17, 15) is 14.0 Å². The predicted molar refractivity (Wildman–Crippen MR) is 99.9 cm³/mol. The summed E-state index contributed by atoms with van der Waals surface area (Å²) in [6.45, 7) is 1.98. The molecule has 28 heavy (non-hydrogen) atoms. The molecule has 2 aromatic heterocycles. The summed E-state index contributed by atoms with van der Waals surface area (Å²) in [4.78, 5) is 28.3. The van der Waals surface area contributed by atoms with Crippen molar-refractivity contribution < 1.29 is 18.7 Å². The van der Waals surface area contributed by atoms with Crippen molar-refractivity contribution in [1.29, 1.82) is 0 Å². The van der Waals surface area contributed by atoms with E-state index < -0.39 is 17.6 Å². The van der Waals surface area contributed by atoms with Gasteiger partial charge in [0, 0.05) is 18.5 Å². The standard InChI is InChI=1S/C19H18FN5O3/c1-2-28-15-8-4-3-6-13(15)19(27)22-12-17(26)23-16-9-11-25(24-16)18-14(20)7-5-10-21-18/h3-11H,2,12H2,1H3,(H,22,27)(H,23,24,26). The SMILES string of the molecule is CCOc1ccccc1C(=O)NCC(=O)Nc1ccn(-c2ncccc2F)n1. The van der Waals surface area contributed by atoms with Crippen molar-refractivity contribution in [3.05, 3.63) is 66.2 Å². The van der Waals surface area contributed by atoms with Gasteiger partial charge in [-0.25, -0.2) is 14.1 Å². The van der Waals surface area contributed by atoms with Gasteiger partial charge in [-0.05, 0) is 31.2 Å². The van der Waals surface area contributed by atoms with Gasteiger partial charge in [0.15, 0.2) is 17.5 Å². The number of ether oxygens (including phenoxy) is 1. The minimum atomic E-state index is -0.538. The third-order valence-corrected chi connectivity index (χ3v) is 3.65. The smallest absolute Gasteiger partial charge is 0.255 e.